The van der Waals surface area contributed by atoms with E-state index in [2.05, 4.69) is 4.98 Å². The lowest BCUT2D eigenvalue weighted by molar-refractivity contribution is -0.155. The number of likely N-dealkylation sites (tertiary alicyclic amines) is 1. The molecular weight excluding hydrogens is 424 g/mol. The van der Waals surface area contributed by atoms with Crippen molar-refractivity contribution < 1.29 is 29.0 Å². The van der Waals surface area contributed by atoms with Crippen LogP contribution in [0, 0.1) is 11.3 Å². The summed E-state index contributed by atoms with van der Waals surface area (Å²) in [5.74, 6) is -0.664. The molecule has 1 amide bonds. The van der Waals surface area contributed by atoms with Gasteiger partial charge in [0.05, 0.1) is 18.0 Å². The molecule has 1 aromatic carbocycles. The van der Waals surface area contributed by atoms with E-state index in [0.29, 0.717) is 41.6 Å². The number of carboxylic acids is 1. The zero-order valence-electron chi connectivity index (χ0n) is 19.9. The number of carbonyl (C=O) groups is 3. The number of rotatable bonds is 6. The van der Waals surface area contributed by atoms with Crippen LogP contribution in [0.5, 0.6) is 5.75 Å². The zero-order valence-corrected chi connectivity index (χ0v) is 19.9. The molecular formula is C25H32N2O6. The van der Waals surface area contributed by atoms with Gasteiger partial charge in [-0.2, -0.15) is 0 Å². The number of amides is 1. The van der Waals surface area contributed by atoms with Crippen LogP contribution in [0.25, 0.3) is 10.9 Å². The Morgan fingerprint density at radius 1 is 1.24 bits per heavy atom. The number of methoxy groups -OCH3 is 1. The number of Topliss-reactive ketones (excluding diaryl/α,β-unsaturated/α-hetero) is 1. The smallest absolute Gasteiger partial charge is 0.410 e. The first-order chi connectivity index (χ1) is 15.4. The monoisotopic (exact) mass is 456 g/mol. The van der Waals surface area contributed by atoms with Crippen molar-refractivity contribution in [3.63, 3.8) is 0 Å². The van der Waals surface area contributed by atoms with E-state index in [1.807, 2.05) is 0 Å². The largest absolute Gasteiger partial charge is 0.497 e. The third kappa shape index (κ3) is 5.43. The standard InChI is InChI=1S/C25H32N2O6/c1-24(2,3)33-23(31)27-13-11-16(25(4,15-27)22(29)30)6-9-21(28)18-10-12-26-20-8-7-17(32-5)14-19(18)20/h7-8,10,12,14,16H,6,9,11,13,15H2,1-5H3,(H,29,30)/t16-,25+/m1/s1. The summed E-state index contributed by atoms with van der Waals surface area (Å²) in [5, 5.41) is 10.7. The lowest BCUT2D eigenvalue weighted by Gasteiger charge is -2.43. The minimum Gasteiger partial charge on any atom is -0.497 e. The van der Waals surface area contributed by atoms with E-state index < -0.39 is 23.1 Å². The summed E-state index contributed by atoms with van der Waals surface area (Å²) in [6.45, 7) is 7.42. The number of aromatic nitrogens is 1. The highest BCUT2D eigenvalue weighted by molar-refractivity contribution is 6.07. The molecule has 0 radical (unpaired) electrons. The summed E-state index contributed by atoms with van der Waals surface area (Å²) < 4.78 is 10.7. The van der Waals surface area contributed by atoms with Crippen LogP contribution in [0.2, 0.25) is 0 Å². The molecule has 8 nitrogen and oxygen atoms in total. The molecule has 2 atom stereocenters. The highest BCUT2D eigenvalue weighted by Crippen LogP contribution is 2.39. The molecule has 1 fully saturated rings. The number of hydrogen-bond acceptors (Lipinski definition) is 6. The predicted octanol–water partition coefficient (Wildman–Crippen LogP) is 4.55. The van der Waals surface area contributed by atoms with Crippen molar-refractivity contribution in [3.8, 4) is 5.75 Å². The molecule has 0 unspecified atom stereocenters. The minimum absolute atomic E-state index is 0.0471. The van der Waals surface area contributed by atoms with E-state index in [1.54, 1.807) is 65.3 Å². The molecule has 0 bridgehead atoms. The average Bonchev–Trinajstić information content (AvgIpc) is 2.75. The Kier molecular flexibility index (Phi) is 6.95. The fourth-order valence-corrected chi connectivity index (χ4v) is 4.36. The fourth-order valence-electron chi connectivity index (χ4n) is 4.36. The van der Waals surface area contributed by atoms with Crippen molar-refractivity contribution in [3.05, 3.63) is 36.0 Å². The molecule has 1 aliphatic rings. The zero-order chi connectivity index (χ0) is 24.4. The summed E-state index contributed by atoms with van der Waals surface area (Å²) in [5.41, 5.74) is -0.584. The summed E-state index contributed by atoms with van der Waals surface area (Å²) >= 11 is 0. The molecule has 3 rings (SSSR count). The summed E-state index contributed by atoms with van der Waals surface area (Å²) in [4.78, 5) is 43.6. The van der Waals surface area contributed by atoms with Crippen molar-refractivity contribution in [2.24, 2.45) is 11.3 Å². The van der Waals surface area contributed by atoms with Crippen LogP contribution < -0.4 is 4.74 Å². The van der Waals surface area contributed by atoms with E-state index >= 15 is 0 Å². The maximum Gasteiger partial charge on any atom is 0.410 e. The van der Waals surface area contributed by atoms with Crippen LogP contribution in [-0.2, 0) is 9.53 Å². The fraction of sp³-hybridized carbons (Fsp3) is 0.520. The lowest BCUT2D eigenvalue weighted by atomic mass is 9.70. The van der Waals surface area contributed by atoms with Crippen LogP contribution in [-0.4, -0.2) is 58.6 Å². The summed E-state index contributed by atoms with van der Waals surface area (Å²) in [6, 6.07) is 7.07. The summed E-state index contributed by atoms with van der Waals surface area (Å²) in [6.07, 6.45) is 2.19. The number of fused-ring (bicyclic) bond motifs is 1. The first kappa shape index (κ1) is 24.5. The van der Waals surface area contributed by atoms with Crippen LogP contribution in [0.4, 0.5) is 4.79 Å². The maximum absolute atomic E-state index is 13.1. The Balaban J connectivity index is 1.74. The second-order valence-electron chi connectivity index (χ2n) is 9.81. The van der Waals surface area contributed by atoms with Crippen LogP contribution in [0.3, 0.4) is 0 Å². The van der Waals surface area contributed by atoms with Crippen molar-refractivity contribution in [1.29, 1.82) is 0 Å². The van der Waals surface area contributed by atoms with Crippen molar-refractivity contribution >= 4 is 28.7 Å². The Hall–Kier alpha value is -3.16. The molecule has 0 saturated carbocycles. The molecule has 1 aliphatic heterocycles. The molecule has 178 valence electrons. The molecule has 1 N–H and O–H groups in total. The van der Waals surface area contributed by atoms with Gasteiger partial charge >= 0.3 is 12.1 Å². The molecule has 0 aliphatic carbocycles. The van der Waals surface area contributed by atoms with Gasteiger partial charge in [0.2, 0.25) is 0 Å². The third-order valence-electron chi connectivity index (χ3n) is 6.28. The summed E-state index contributed by atoms with van der Waals surface area (Å²) in [7, 11) is 1.56. The number of pyridine rings is 1. The molecule has 2 aromatic rings. The van der Waals surface area contributed by atoms with Gasteiger partial charge in [-0.15, -0.1) is 0 Å². The number of nitrogens with zero attached hydrogens (tertiary/aromatic N) is 2. The normalized spacial score (nSPS) is 21.0. The van der Waals surface area contributed by atoms with Gasteiger partial charge in [-0.3, -0.25) is 14.6 Å². The quantitative estimate of drug-likeness (QED) is 0.635. The molecule has 33 heavy (non-hydrogen) atoms. The second kappa shape index (κ2) is 9.37. The van der Waals surface area contributed by atoms with Crippen molar-refractivity contribution in [2.45, 2.75) is 52.6 Å². The number of carbonyl (C=O) groups excluding carboxylic acids is 2. The first-order valence-electron chi connectivity index (χ1n) is 11.1. The number of benzene rings is 1. The van der Waals surface area contributed by atoms with Gasteiger partial charge in [0.15, 0.2) is 5.78 Å². The van der Waals surface area contributed by atoms with Gasteiger partial charge in [0.25, 0.3) is 0 Å². The lowest BCUT2D eigenvalue weighted by Crippen LogP contribution is -2.54. The Morgan fingerprint density at radius 2 is 1.97 bits per heavy atom. The van der Waals surface area contributed by atoms with Crippen LogP contribution in [0.1, 0.15) is 57.3 Å². The van der Waals surface area contributed by atoms with Gasteiger partial charge in [0, 0.05) is 36.7 Å². The van der Waals surface area contributed by atoms with E-state index in [0.717, 1.165) is 0 Å². The number of ether oxygens (including phenoxy) is 2. The van der Waals surface area contributed by atoms with Crippen LogP contribution >= 0.6 is 0 Å². The first-order valence-corrected chi connectivity index (χ1v) is 11.1. The Morgan fingerprint density at radius 3 is 2.61 bits per heavy atom. The number of ketones is 1. The molecule has 1 aromatic heterocycles. The van der Waals surface area contributed by atoms with Gasteiger partial charge < -0.3 is 19.5 Å². The van der Waals surface area contributed by atoms with Crippen molar-refractivity contribution in [1.82, 2.24) is 9.88 Å². The van der Waals surface area contributed by atoms with Gasteiger partial charge in [0.1, 0.15) is 11.4 Å². The minimum atomic E-state index is -1.17. The predicted molar refractivity (Wildman–Crippen MR) is 124 cm³/mol. The topological polar surface area (TPSA) is 106 Å². The number of piperidine rings is 1. The second-order valence-corrected chi connectivity index (χ2v) is 9.81. The highest BCUT2D eigenvalue weighted by Gasteiger charge is 2.47. The average molecular weight is 457 g/mol. The van der Waals surface area contributed by atoms with E-state index in [-0.39, 0.29) is 24.7 Å². The number of aliphatic carboxylic acids is 1. The molecule has 8 heteroatoms. The van der Waals surface area contributed by atoms with E-state index in [9.17, 15) is 19.5 Å². The van der Waals surface area contributed by atoms with Crippen molar-refractivity contribution in [2.75, 3.05) is 20.2 Å². The SMILES string of the molecule is COc1ccc2nccc(C(=O)CC[C@@H]3CCN(C(=O)OC(C)(C)C)C[C@]3(C)C(=O)O)c2c1. The third-order valence-corrected chi connectivity index (χ3v) is 6.28. The van der Waals surface area contributed by atoms with E-state index in [4.69, 9.17) is 9.47 Å². The number of hydrogen-bond donors (Lipinski definition) is 1. The highest BCUT2D eigenvalue weighted by atomic mass is 16.6. The van der Waals surface area contributed by atoms with Gasteiger partial charge in [-0.1, -0.05) is 0 Å². The Labute approximate surface area is 193 Å². The van der Waals surface area contributed by atoms with Crippen LogP contribution in [0.15, 0.2) is 30.5 Å². The van der Waals surface area contributed by atoms with Gasteiger partial charge in [-0.25, -0.2) is 4.79 Å². The van der Waals surface area contributed by atoms with E-state index in [1.165, 1.54) is 4.90 Å². The molecule has 0 spiro atoms. The molecule has 1 saturated heterocycles. The number of carboxylic acid groups (broad SMARTS) is 1. The Bertz CT molecular complexity index is 1060. The maximum atomic E-state index is 13.1. The molecule has 2 heterocycles. The van der Waals surface area contributed by atoms with Gasteiger partial charge in [-0.05, 0) is 70.7 Å².